The molecule has 0 saturated carbocycles. The molecule has 2 aromatic rings. The Kier molecular flexibility index (Phi) is 5.70. The maximum atomic E-state index is 12.6. The van der Waals surface area contributed by atoms with Crippen molar-refractivity contribution in [3.8, 4) is 0 Å². The number of nitrogens with zero attached hydrogens (tertiary/aromatic N) is 3. The summed E-state index contributed by atoms with van der Waals surface area (Å²) in [6.07, 6.45) is 7.63. The van der Waals surface area contributed by atoms with E-state index in [0.717, 1.165) is 51.3 Å². The summed E-state index contributed by atoms with van der Waals surface area (Å²) in [6, 6.07) is 4.21. The number of thiophene rings is 1. The fraction of sp³-hybridized carbons (Fsp3) is 0.600. The van der Waals surface area contributed by atoms with Crippen molar-refractivity contribution < 1.29 is 4.79 Å². The molecule has 0 aliphatic carbocycles. The first kappa shape index (κ1) is 17.7. The van der Waals surface area contributed by atoms with Gasteiger partial charge < -0.3 is 15.1 Å². The predicted octanol–water partition coefficient (Wildman–Crippen LogP) is 3.11. The van der Waals surface area contributed by atoms with Crippen LogP contribution in [0.25, 0.3) is 10.1 Å². The molecule has 2 saturated heterocycles. The van der Waals surface area contributed by atoms with Gasteiger partial charge in [0.05, 0.1) is 5.92 Å². The van der Waals surface area contributed by atoms with E-state index in [0.29, 0.717) is 0 Å². The Labute approximate surface area is 159 Å². The van der Waals surface area contributed by atoms with Gasteiger partial charge in [0.25, 0.3) is 0 Å². The predicted molar refractivity (Wildman–Crippen MR) is 108 cm³/mol. The maximum Gasteiger partial charge on any atom is 0.224 e. The Morgan fingerprint density at radius 3 is 3.00 bits per heavy atom. The SMILES string of the molecule is O=C(NCCCN1CCCC1)C1CCCN(c2nccc3sccc23)C1. The van der Waals surface area contributed by atoms with Gasteiger partial charge in [0, 0.05) is 35.9 Å². The zero-order chi connectivity index (χ0) is 17.8. The second-order valence-corrected chi connectivity index (χ2v) is 8.39. The molecule has 2 aliphatic heterocycles. The summed E-state index contributed by atoms with van der Waals surface area (Å²) in [5.41, 5.74) is 0. The van der Waals surface area contributed by atoms with E-state index in [1.54, 1.807) is 11.3 Å². The molecule has 0 bridgehead atoms. The van der Waals surface area contributed by atoms with Crippen molar-refractivity contribution in [3.05, 3.63) is 23.7 Å². The van der Waals surface area contributed by atoms with Gasteiger partial charge in [0.15, 0.2) is 0 Å². The lowest BCUT2D eigenvalue weighted by Gasteiger charge is -2.33. The molecule has 140 valence electrons. The number of piperidine rings is 1. The normalized spacial score (nSPS) is 21.4. The highest BCUT2D eigenvalue weighted by Crippen LogP contribution is 2.31. The molecule has 5 nitrogen and oxygen atoms in total. The molecule has 0 radical (unpaired) electrons. The van der Waals surface area contributed by atoms with Crippen LogP contribution in [-0.4, -0.2) is 55.1 Å². The van der Waals surface area contributed by atoms with Crippen LogP contribution in [0.2, 0.25) is 0 Å². The van der Waals surface area contributed by atoms with Crippen molar-refractivity contribution in [1.82, 2.24) is 15.2 Å². The van der Waals surface area contributed by atoms with Crippen LogP contribution in [0.4, 0.5) is 5.82 Å². The number of nitrogens with one attached hydrogen (secondary N) is 1. The Balaban J connectivity index is 1.30. The van der Waals surface area contributed by atoms with Crippen LogP contribution in [0, 0.1) is 5.92 Å². The molecule has 1 atom stereocenters. The lowest BCUT2D eigenvalue weighted by Crippen LogP contribution is -2.43. The molecule has 0 spiro atoms. The molecule has 1 amide bonds. The van der Waals surface area contributed by atoms with Crippen molar-refractivity contribution in [2.45, 2.75) is 32.1 Å². The minimum absolute atomic E-state index is 0.0752. The number of hydrogen-bond donors (Lipinski definition) is 1. The summed E-state index contributed by atoms with van der Waals surface area (Å²) in [7, 11) is 0. The molecule has 26 heavy (non-hydrogen) atoms. The van der Waals surface area contributed by atoms with Crippen LogP contribution in [0.5, 0.6) is 0 Å². The molecule has 1 unspecified atom stereocenters. The van der Waals surface area contributed by atoms with Gasteiger partial charge in [-0.25, -0.2) is 4.98 Å². The second kappa shape index (κ2) is 8.35. The number of aromatic nitrogens is 1. The van der Waals surface area contributed by atoms with Crippen LogP contribution < -0.4 is 10.2 Å². The van der Waals surface area contributed by atoms with Crippen molar-refractivity contribution in [2.75, 3.05) is 44.2 Å². The Morgan fingerprint density at radius 2 is 2.12 bits per heavy atom. The highest BCUT2D eigenvalue weighted by Gasteiger charge is 2.27. The molecule has 2 aliphatic rings. The summed E-state index contributed by atoms with van der Waals surface area (Å²) < 4.78 is 1.27. The van der Waals surface area contributed by atoms with Gasteiger partial charge in [-0.3, -0.25) is 4.79 Å². The summed E-state index contributed by atoms with van der Waals surface area (Å²) >= 11 is 1.75. The third-order valence-corrected chi connectivity index (χ3v) is 6.48. The van der Waals surface area contributed by atoms with Gasteiger partial charge in [-0.15, -0.1) is 11.3 Å². The standard InChI is InChI=1S/C20H28N4OS/c25-20(22-8-4-12-23-10-1-2-11-23)16-5-3-13-24(15-16)19-17-7-14-26-18(17)6-9-21-19/h6-7,9,14,16H,1-5,8,10-13,15H2,(H,22,25). The third kappa shape index (κ3) is 4.01. The van der Waals surface area contributed by atoms with Gasteiger partial charge in [-0.05, 0) is 69.3 Å². The van der Waals surface area contributed by atoms with Crippen LogP contribution in [-0.2, 0) is 4.79 Å². The van der Waals surface area contributed by atoms with E-state index in [1.165, 1.54) is 36.0 Å². The number of amides is 1. The summed E-state index contributed by atoms with van der Waals surface area (Å²) in [4.78, 5) is 22.0. The Hall–Kier alpha value is -1.66. The average molecular weight is 373 g/mol. The van der Waals surface area contributed by atoms with Gasteiger partial charge >= 0.3 is 0 Å². The van der Waals surface area contributed by atoms with E-state index >= 15 is 0 Å². The van der Waals surface area contributed by atoms with E-state index in [1.807, 2.05) is 6.20 Å². The first-order chi connectivity index (χ1) is 12.8. The zero-order valence-electron chi connectivity index (χ0n) is 15.3. The fourth-order valence-electron chi connectivity index (χ4n) is 4.18. The Morgan fingerprint density at radius 1 is 1.23 bits per heavy atom. The van der Waals surface area contributed by atoms with Crippen LogP contribution in [0.1, 0.15) is 32.1 Å². The Bertz CT molecular complexity index is 740. The molecule has 6 heteroatoms. The van der Waals surface area contributed by atoms with Gasteiger partial charge in [0.1, 0.15) is 5.82 Å². The highest BCUT2D eigenvalue weighted by atomic mass is 32.1. The molecule has 4 heterocycles. The lowest BCUT2D eigenvalue weighted by molar-refractivity contribution is -0.125. The minimum Gasteiger partial charge on any atom is -0.356 e. The van der Waals surface area contributed by atoms with E-state index in [2.05, 4.69) is 37.6 Å². The molecular weight excluding hydrogens is 344 g/mol. The van der Waals surface area contributed by atoms with E-state index < -0.39 is 0 Å². The first-order valence-electron chi connectivity index (χ1n) is 9.88. The topological polar surface area (TPSA) is 48.5 Å². The number of carbonyl (C=O) groups excluding carboxylic acids is 1. The van der Waals surface area contributed by atoms with Crippen LogP contribution >= 0.6 is 11.3 Å². The fourth-order valence-corrected chi connectivity index (χ4v) is 4.96. The van der Waals surface area contributed by atoms with Gasteiger partial charge in [-0.1, -0.05) is 0 Å². The van der Waals surface area contributed by atoms with E-state index in [9.17, 15) is 4.79 Å². The molecular formula is C20H28N4OS. The second-order valence-electron chi connectivity index (χ2n) is 7.45. The number of carbonyl (C=O) groups is 1. The van der Waals surface area contributed by atoms with Crippen molar-refractivity contribution in [2.24, 2.45) is 5.92 Å². The van der Waals surface area contributed by atoms with E-state index in [-0.39, 0.29) is 11.8 Å². The maximum absolute atomic E-state index is 12.6. The smallest absolute Gasteiger partial charge is 0.224 e. The number of fused-ring (bicyclic) bond motifs is 1. The number of pyridine rings is 1. The number of anilines is 1. The van der Waals surface area contributed by atoms with Crippen molar-refractivity contribution >= 4 is 33.1 Å². The molecule has 2 fully saturated rings. The summed E-state index contributed by atoms with van der Waals surface area (Å²) in [5.74, 6) is 1.33. The summed E-state index contributed by atoms with van der Waals surface area (Å²) in [6.45, 7) is 6.13. The minimum atomic E-state index is 0.0752. The molecule has 2 aromatic heterocycles. The largest absolute Gasteiger partial charge is 0.356 e. The number of rotatable bonds is 6. The highest BCUT2D eigenvalue weighted by molar-refractivity contribution is 7.17. The average Bonchev–Trinajstić information content (AvgIpc) is 3.36. The number of hydrogen-bond acceptors (Lipinski definition) is 5. The quantitative estimate of drug-likeness (QED) is 0.792. The monoisotopic (exact) mass is 372 g/mol. The lowest BCUT2D eigenvalue weighted by atomic mass is 9.97. The zero-order valence-corrected chi connectivity index (χ0v) is 16.1. The van der Waals surface area contributed by atoms with Crippen molar-refractivity contribution in [1.29, 1.82) is 0 Å². The first-order valence-corrected chi connectivity index (χ1v) is 10.8. The molecule has 1 N–H and O–H groups in total. The van der Waals surface area contributed by atoms with Gasteiger partial charge in [-0.2, -0.15) is 0 Å². The number of likely N-dealkylation sites (tertiary alicyclic amines) is 1. The van der Waals surface area contributed by atoms with Crippen LogP contribution in [0.15, 0.2) is 23.7 Å². The molecule has 0 aromatic carbocycles. The van der Waals surface area contributed by atoms with Crippen LogP contribution in [0.3, 0.4) is 0 Å². The summed E-state index contributed by atoms with van der Waals surface area (Å²) in [5, 5.41) is 6.50. The third-order valence-electron chi connectivity index (χ3n) is 5.60. The van der Waals surface area contributed by atoms with Gasteiger partial charge in [0.2, 0.25) is 5.91 Å². The molecule has 4 rings (SSSR count). The van der Waals surface area contributed by atoms with Crippen molar-refractivity contribution in [3.63, 3.8) is 0 Å². The van der Waals surface area contributed by atoms with E-state index in [4.69, 9.17) is 0 Å².